The van der Waals surface area contributed by atoms with Crippen molar-refractivity contribution in [2.75, 3.05) is 0 Å². The summed E-state index contributed by atoms with van der Waals surface area (Å²) in [5, 5.41) is 2.44. The molecule has 4 rings (SSSR count). The quantitative estimate of drug-likeness (QED) is 0.491. The predicted molar refractivity (Wildman–Crippen MR) is 78.6 cm³/mol. The summed E-state index contributed by atoms with van der Waals surface area (Å²) in [5.74, 6) is 0. The maximum atomic E-state index is 4.56. The highest BCUT2D eigenvalue weighted by Crippen LogP contribution is 2.29. The first-order chi connectivity index (χ1) is 9.45. The molecular weight excluding hydrogens is 232 g/mol. The average Bonchev–Trinajstić information content (AvgIpc) is 2.83. The van der Waals surface area contributed by atoms with E-state index in [4.69, 9.17) is 0 Å². The normalized spacial score (nSPS) is 11.2. The van der Waals surface area contributed by atoms with Crippen LogP contribution in [0.15, 0.2) is 72.9 Å². The number of nitrogens with zero attached hydrogens (tertiary/aromatic N) is 2. The lowest BCUT2D eigenvalue weighted by atomic mass is 10.2. The van der Waals surface area contributed by atoms with Crippen molar-refractivity contribution in [3.63, 3.8) is 0 Å². The molecule has 0 aliphatic carbocycles. The highest BCUT2D eigenvalue weighted by atomic mass is 15.0. The molecule has 0 bridgehead atoms. The van der Waals surface area contributed by atoms with Crippen LogP contribution in [-0.2, 0) is 0 Å². The van der Waals surface area contributed by atoms with Gasteiger partial charge in [0.1, 0.15) is 5.65 Å². The van der Waals surface area contributed by atoms with Crippen LogP contribution >= 0.6 is 0 Å². The largest absolute Gasteiger partial charge is 0.294 e. The average molecular weight is 244 g/mol. The van der Waals surface area contributed by atoms with Crippen LogP contribution in [0.25, 0.3) is 27.6 Å². The monoisotopic (exact) mass is 244 g/mol. The Kier molecular flexibility index (Phi) is 2.15. The lowest BCUT2D eigenvalue weighted by Crippen LogP contribution is -1.94. The molecule has 0 aliphatic heterocycles. The zero-order valence-electron chi connectivity index (χ0n) is 10.3. The van der Waals surface area contributed by atoms with Gasteiger partial charge in [-0.25, -0.2) is 4.98 Å². The summed E-state index contributed by atoms with van der Waals surface area (Å²) in [6.07, 6.45) is 1.85. The van der Waals surface area contributed by atoms with Crippen molar-refractivity contribution in [2.45, 2.75) is 0 Å². The summed E-state index contributed by atoms with van der Waals surface area (Å²) in [5.41, 5.74) is 3.35. The van der Waals surface area contributed by atoms with E-state index in [1.165, 1.54) is 16.3 Å². The van der Waals surface area contributed by atoms with E-state index in [2.05, 4.69) is 64.1 Å². The Morgan fingerprint density at radius 1 is 0.684 bits per heavy atom. The van der Waals surface area contributed by atoms with Crippen LogP contribution in [0.1, 0.15) is 0 Å². The zero-order chi connectivity index (χ0) is 12.7. The Hall–Kier alpha value is -2.61. The molecule has 19 heavy (non-hydrogen) atoms. The summed E-state index contributed by atoms with van der Waals surface area (Å²) in [7, 11) is 0. The van der Waals surface area contributed by atoms with Gasteiger partial charge in [-0.2, -0.15) is 0 Å². The van der Waals surface area contributed by atoms with Crippen molar-refractivity contribution in [1.29, 1.82) is 0 Å². The third kappa shape index (κ3) is 1.47. The molecule has 0 unspecified atom stereocenters. The summed E-state index contributed by atoms with van der Waals surface area (Å²) in [6, 6.07) is 22.9. The number of rotatable bonds is 1. The number of pyridine rings is 1. The minimum atomic E-state index is 1.01. The maximum absolute atomic E-state index is 4.56. The number of aromatic nitrogens is 2. The van der Waals surface area contributed by atoms with Gasteiger partial charge in [0, 0.05) is 22.7 Å². The molecule has 0 saturated carbocycles. The Balaban J connectivity index is 2.24. The van der Waals surface area contributed by atoms with Gasteiger partial charge in [0.15, 0.2) is 0 Å². The van der Waals surface area contributed by atoms with Gasteiger partial charge in [0.2, 0.25) is 0 Å². The topological polar surface area (TPSA) is 17.8 Å². The summed E-state index contributed by atoms with van der Waals surface area (Å²) >= 11 is 0. The molecule has 2 heteroatoms. The van der Waals surface area contributed by atoms with E-state index < -0.39 is 0 Å². The Morgan fingerprint density at radius 3 is 2.32 bits per heavy atom. The number of hydrogen-bond donors (Lipinski definition) is 0. The Bertz CT molecular complexity index is 807. The minimum Gasteiger partial charge on any atom is -0.294 e. The van der Waals surface area contributed by atoms with Crippen LogP contribution in [0.5, 0.6) is 0 Å². The zero-order valence-corrected chi connectivity index (χ0v) is 10.3. The van der Waals surface area contributed by atoms with Crippen LogP contribution in [0.4, 0.5) is 0 Å². The van der Waals surface area contributed by atoms with E-state index in [-0.39, 0.29) is 0 Å². The van der Waals surface area contributed by atoms with Crippen molar-refractivity contribution in [1.82, 2.24) is 9.55 Å². The van der Waals surface area contributed by atoms with Crippen LogP contribution in [0, 0.1) is 0 Å². The van der Waals surface area contributed by atoms with Gasteiger partial charge in [-0.05, 0) is 30.3 Å². The molecule has 0 aliphatic rings. The third-order valence-electron chi connectivity index (χ3n) is 3.45. The van der Waals surface area contributed by atoms with Crippen LogP contribution < -0.4 is 0 Å². The maximum Gasteiger partial charge on any atom is 0.145 e. The lowest BCUT2D eigenvalue weighted by molar-refractivity contribution is 1.14. The Labute approximate surface area is 110 Å². The summed E-state index contributed by atoms with van der Waals surface area (Å²) < 4.78 is 2.21. The molecule has 0 saturated heterocycles. The molecule has 0 atom stereocenters. The SMILES string of the molecule is c1ccc(-n2c3ccccc3c3cccnc32)cc1. The van der Waals surface area contributed by atoms with Gasteiger partial charge in [-0.3, -0.25) is 4.57 Å². The van der Waals surface area contributed by atoms with E-state index in [0.29, 0.717) is 0 Å². The number of hydrogen-bond acceptors (Lipinski definition) is 1. The van der Waals surface area contributed by atoms with E-state index in [9.17, 15) is 0 Å². The number of benzene rings is 2. The van der Waals surface area contributed by atoms with Crippen molar-refractivity contribution in [3.8, 4) is 5.69 Å². The van der Waals surface area contributed by atoms with E-state index in [0.717, 1.165) is 11.3 Å². The van der Waals surface area contributed by atoms with Gasteiger partial charge in [-0.15, -0.1) is 0 Å². The summed E-state index contributed by atoms with van der Waals surface area (Å²) in [4.78, 5) is 4.56. The molecule has 2 nitrogen and oxygen atoms in total. The second-order valence-electron chi connectivity index (χ2n) is 4.56. The molecule has 2 aromatic carbocycles. The highest BCUT2D eigenvalue weighted by molar-refractivity contribution is 6.07. The predicted octanol–water partition coefficient (Wildman–Crippen LogP) is 4.18. The molecule has 0 N–H and O–H groups in total. The first-order valence-corrected chi connectivity index (χ1v) is 6.35. The smallest absolute Gasteiger partial charge is 0.145 e. The Morgan fingerprint density at radius 2 is 1.42 bits per heavy atom. The highest BCUT2D eigenvalue weighted by Gasteiger charge is 2.11. The second kappa shape index (κ2) is 3.95. The van der Waals surface area contributed by atoms with Crippen molar-refractivity contribution < 1.29 is 0 Å². The molecule has 0 fully saturated rings. The standard InChI is InChI=1S/C17H12N2/c1-2-7-13(8-3-1)19-16-11-5-4-9-14(16)15-10-6-12-18-17(15)19/h1-12H. The van der Waals surface area contributed by atoms with E-state index in [1.807, 2.05) is 18.3 Å². The number of para-hydroxylation sites is 2. The summed E-state index contributed by atoms with van der Waals surface area (Å²) in [6.45, 7) is 0. The molecule has 2 heterocycles. The number of fused-ring (bicyclic) bond motifs is 3. The minimum absolute atomic E-state index is 1.01. The fourth-order valence-corrected chi connectivity index (χ4v) is 2.63. The third-order valence-corrected chi connectivity index (χ3v) is 3.45. The molecule has 4 aromatic rings. The van der Waals surface area contributed by atoms with Gasteiger partial charge in [0.05, 0.1) is 5.52 Å². The van der Waals surface area contributed by atoms with Crippen LogP contribution in [-0.4, -0.2) is 9.55 Å². The first-order valence-electron chi connectivity index (χ1n) is 6.35. The molecule has 0 spiro atoms. The first kappa shape index (κ1) is 10.3. The van der Waals surface area contributed by atoms with Crippen molar-refractivity contribution in [2.24, 2.45) is 0 Å². The fourth-order valence-electron chi connectivity index (χ4n) is 2.63. The van der Waals surface area contributed by atoms with Crippen molar-refractivity contribution >= 4 is 21.9 Å². The van der Waals surface area contributed by atoms with Crippen molar-refractivity contribution in [3.05, 3.63) is 72.9 Å². The van der Waals surface area contributed by atoms with Gasteiger partial charge in [0.25, 0.3) is 0 Å². The van der Waals surface area contributed by atoms with Gasteiger partial charge >= 0.3 is 0 Å². The van der Waals surface area contributed by atoms with Crippen LogP contribution in [0.2, 0.25) is 0 Å². The van der Waals surface area contributed by atoms with E-state index in [1.54, 1.807) is 0 Å². The molecule has 90 valence electrons. The molecule has 0 radical (unpaired) electrons. The van der Waals surface area contributed by atoms with Gasteiger partial charge in [-0.1, -0.05) is 36.4 Å². The van der Waals surface area contributed by atoms with E-state index >= 15 is 0 Å². The van der Waals surface area contributed by atoms with Gasteiger partial charge < -0.3 is 0 Å². The fraction of sp³-hybridized carbons (Fsp3) is 0. The lowest BCUT2D eigenvalue weighted by Gasteiger charge is -2.05. The molecular formula is C17H12N2. The van der Waals surface area contributed by atoms with Crippen LogP contribution in [0.3, 0.4) is 0 Å². The molecule has 0 amide bonds. The second-order valence-corrected chi connectivity index (χ2v) is 4.56. The molecule has 2 aromatic heterocycles.